The number of carbonyl (C=O) groups is 1. The van der Waals surface area contributed by atoms with E-state index in [0.717, 1.165) is 49.3 Å². The van der Waals surface area contributed by atoms with Gasteiger partial charge in [0.25, 0.3) is 0 Å². The molecule has 0 radical (unpaired) electrons. The quantitative estimate of drug-likeness (QED) is 0.526. The van der Waals surface area contributed by atoms with Crippen LogP contribution in [-0.2, 0) is 4.79 Å². The van der Waals surface area contributed by atoms with Crippen LogP contribution in [-0.4, -0.2) is 49.6 Å². The van der Waals surface area contributed by atoms with Crippen LogP contribution in [0.1, 0.15) is 49.8 Å². The molecule has 2 saturated heterocycles. The summed E-state index contributed by atoms with van der Waals surface area (Å²) >= 11 is 18.9. The first-order chi connectivity index (χ1) is 16.2. The maximum Gasteiger partial charge on any atom is 0.240 e. The van der Waals surface area contributed by atoms with Crippen molar-refractivity contribution in [2.24, 2.45) is 11.7 Å². The topological polar surface area (TPSA) is 61.6 Å². The van der Waals surface area contributed by atoms with Crippen molar-refractivity contribution in [3.63, 3.8) is 0 Å². The fraction of sp³-hybridized carbons (Fsp3) is 0.500. The first-order valence-corrected chi connectivity index (χ1v) is 13.1. The van der Waals surface area contributed by atoms with Crippen molar-refractivity contribution in [3.8, 4) is 0 Å². The molecular formula is C26H33Cl3N4O. The molecule has 2 aromatic rings. The first kappa shape index (κ1) is 25.6. The molecular weight excluding hydrogens is 491 g/mol. The second kappa shape index (κ2) is 11.0. The Hall–Kier alpha value is -1.50. The molecule has 2 unspecified atom stereocenters. The van der Waals surface area contributed by atoms with Crippen molar-refractivity contribution < 1.29 is 4.79 Å². The number of carbonyl (C=O) groups excluding carboxylic acids is 1. The number of halogens is 3. The van der Waals surface area contributed by atoms with Crippen molar-refractivity contribution in [2.45, 2.75) is 44.7 Å². The highest BCUT2D eigenvalue weighted by Gasteiger charge is 2.38. The lowest BCUT2D eigenvalue weighted by Crippen LogP contribution is -2.54. The van der Waals surface area contributed by atoms with Gasteiger partial charge in [-0.3, -0.25) is 4.79 Å². The Morgan fingerprint density at radius 2 is 1.74 bits per heavy atom. The number of rotatable bonds is 6. The normalized spacial score (nSPS) is 21.9. The summed E-state index contributed by atoms with van der Waals surface area (Å²) in [6, 6.07) is 11.2. The molecule has 3 atom stereocenters. The van der Waals surface area contributed by atoms with Crippen molar-refractivity contribution in [1.29, 1.82) is 0 Å². The van der Waals surface area contributed by atoms with Crippen LogP contribution in [0.3, 0.4) is 0 Å². The fourth-order valence-electron chi connectivity index (χ4n) is 5.21. The molecule has 4 rings (SSSR count). The predicted molar refractivity (Wildman–Crippen MR) is 142 cm³/mol. The lowest BCUT2D eigenvalue weighted by molar-refractivity contribution is -0.133. The minimum absolute atomic E-state index is 0.0483. The molecule has 2 fully saturated rings. The van der Waals surface area contributed by atoms with E-state index in [1.165, 1.54) is 0 Å². The summed E-state index contributed by atoms with van der Waals surface area (Å²) in [7, 11) is 0. The fourth-order valence-corrected chi connectivity index (χ4v) is 5.94. The average Bonchev–Trinajstić information content (AvgIpc) is 3.28. The molecule has 5 nitrogen and oxygen atoms in total. The first-order valence-electron chi connectivity index (χ1n) is 12.0. The molecule has 2 aromatic carbocycles. The summed E-state index contributed by atoms with van der Waals surface area (Å²) in [5.41, 5.74) is 9.73. The number of benzene rings is 2. The van der Waals surface area contributed by atoms with E-state index in [2.05, 4.69) is 30.1 Å². The maximum atomic E-state index is 13.5. The van der Waals surface area contributed by atoms with Gasteiger partial charge in [-0.1, -0.05) is 54.7 Å². The van der Waals surface area contributed by atoms with Crippen LogP contribution in [0.4, 0.5) is 5.69 Å². The van der Waals surface area contributed by atoms with Gasteiger partial charge in [-0.05, 0) is 66.8 Å². The van der Waals surface area contributed by atoms with Crippen LogP contribution in [0.2, 0.25) is 15.1 Å². The number of hydrogen-bond donors (Lipinski definition) is 2. The number of anilines is 1. The zero-order valence-corrected chi connectivity index (χ0v) is 22.0. The zero-order valence-electron chi connectivity index (χ0n) is 19.7. The molecule has 2 heterocycles. The van der Waals surface area contributed by atoms with Gasteiger partial charge >= 0.3 is 0 Å². The predicted octanol–water partition coefficient (Wildman–Crippen LogP) is 5.49. The summed E-state index contributed by atoms with van der Waals surface area (Å²) in [5.74, 6) is 0.686. The summed E-state index contributed by atoms with van der Waals surface area (Å²) in [4.78, 5) is 17.8. The molecule has 3 N–H and O–H groups in total. The second-order valence-electron chi connectivity index (χ2n) is 9.74. The zero-order chi connectivity index (χ0) is 24.4. The van der Waals surface area contributed by atoms with Crippen LogP contribution in [0.5, 0.6) is 0 Å². The molecule has 1 amide bonds. The van der Waals surface area contributed by atoms with Crippen molar-refractivity contribution >= 4 is 46.4 Å². The van der Waals surface area contributed by atoms with E-state index in [1.807, 2.05) is 29.2 Å². The third-order valence-electron chi connectivity index (χ3n) is 6.90. The Morgan fingerprint density at radius 3 is 2.41 bits per heavy atom. The lowest BCUT2D eigenvalue weighted by atomic mass is 9.91. The molecule has 34 heavy (non-hydrogen) atoms. The molecule has 184 valence electrons. The molecule has 0 bridgehead atoms. The van der Waals surface area contributed by atoms with E-state index in [9.17, 15) is 4.79 Å². The minimum atomic E-state index is -0.268. The van der Waals surface area contributed by atoms with Gasteiger partial charge in [0.15, 0.2) is 0 Å². The van der Waals surface area contributed by atoms with Gasteiger partial charge in [0.05, 0.1) is 6.04 Å². The highest BCUT2D eigenvalue weighted by atomic mass is 35.5. The Morgan fingerprint density at radius 1 is 1.06 bits per heavy atom. The van der Waals surface area contributed by atoms with E-state index in [1.54, 1.807) is 6.07 Å². The number of nitrogens with one attached hydrogen (secondary N) is 1. The highest BCUT2D eigenvalue weighted by Crippen LogP contribution is 2.36. The molecule has 0 spiro atoms. The largest absolute Gasteiger partial charge is 0.368 e. The van der Waals surface area contributed by atoms with Gasteiger partial charge < -0.3 is 20.9 Å². The summed E-state index contributed by atoms with van der Waals surface area (Å²) in [6.45, 7) is 7.99. The highest BCUT2D eigenvalue weighted by molar-refractivity contribution is 6.35. The molecule has 0 saturated carbocycles. The van der Waals surface area contributed by atoms with Crippen molar-refractivity contribution in [1.82, 2.24) is 10.2 Å². The standard InChI is InChI=1S/C26H33Cl3N4O/c1-16(2)13-23(30)21-14-17(27)4-6-24(21)32-9-11-33(12-10-32)26(34)25-20(7-8-31-25)19-5-3-18(28)15-22(19)29/h3-6,14-16,20,23,25,31H,7-13,30H2,1-2H3/t20?,23-,25?/m0/s1. The van der Waals surface area contributed by atoms with Crippen LogP contribution in [0.15, 0.2) is 36.4 Å². The molecule has 2 aliphatic rings. The van der Waals surface area contributed by atoms with E-state index in [4.69, 9.17) is 40.5 Å². The molecule has 2 aliphatic heterocycles. The van der Waals surface area contributed by atoms with Gasteiger partial charge in [-0.25, -0.2) is 0 Å². The van der Waals surface area contributed by atoms with Crippen molar-refractivity contribution in [3.05, 3.63) is 62.6 Å². The summed E-state index contributed by atoms with van der Waals surface area (Å²) in [5, 5.41) is 5.33. The number of amides is 1. The number of piperazine rings is 1. The van der Waals surface area contributed by atoms with Gasteiger partial charge in [0.2, 0.25) is 5.91 Å². The molecule has 0 aliphatic carbocycles. The third-order valence-corrected chi connectivity index (χ3v) is 7.69. The van der Waals surface area contributed by atoms with E-state index in [-0.39, 0.29) is 23.9 Å². The smallest absolute Gasteiger partial charge is 0.240 e. The SMILES string of the molecule is CC(C)C[C@H](N)c1cc(Cl)ccc1N1CCN(C(=O)C2NCCC2c2ccc(Cl)cc2Cl)CC1. The van der Waals surface area contributed by atoms with Crippen LogP contribution < -0.4 is 16.0 Å². The monoisotopic (exact) mass is 522 g/mol. The average molecular weight is 524 g/mol. The Labute approximate surface area is 217 Å². The Kier molecular flexibility index (Phi) is 8.32. The molecule has 8 heteroatoms. The lowest BCUT2D eigenvalue weighted by Gasteiger charge is -2.39. The maximum absolute atomic E-state index is 13.5. The third kappa shape index (κ3) is 5.66. The van der Waals surface area contributed by atoms with E-state index in [0.29, 0.717) is 34.1 Å². The van der Waals surface area contributed by atoms with Gasteiger partial charge in [0, 0.05) is 58.9 Å². The van der Waals surface area contributed by atoms with Gasteiger partial charge in [-0.2, -0.15) is 0 Å². The number of nitrogens with two attached hydrogens (primary N) is 1. The Balaban J connectivity index is 1.44. The van der Waals surface area contributed by atoms with Crippen molar-refractivity contribution in [2.75, 3.05) is 37.6 Å². The number of nitrogens with zero attached hydrogens (tertiary/aromatic N) is 2. The number of hydrogen-bond acceptors (Lipinski definition) is 4. The van der Waals surface area contributed by atoms with Crippen LogP contribution in [0.25, 0.3) is 0 Å². The second-order valence-corrected chi connectivity index (χ2v) is 11.0. The van der Waals surface area contributed by atoms with Crippen LogP contribution >= 0.6 is 34.8 Å². The Bertz CT molecular complexity index is 1020. The van der Waals surface area contributed by atoms with E-state index >= 15 is 0 Å². The van der Waals surface area contributed by atoms with Crippen LogP contribution in [0, 0.1) is 5.92 Å². The minimum Gasteiger partial charge on any atom is -0.368 e. The van der Waals surface area contributed by atoms with E-state index < -0.39 is 0 Å². The summed E-state index contributed by atoms with van der Waals surface area (Å²) < 4.78 is 0. The summed E-state index contributed by atoms with van der Waals surface area (Å²) in [6.07, 6.45) is 1.77. The van der Waals surface area contributed by atoms with Gasteiger partial charge in [-0.15, -0.1) is 0 Å². The molecule has 0 aromatic heterocycles. The van der Waals surface area contributed by atoms with Gasteiger partial charge in [0.1, 0.15) is 0 Å².